The minimum atomic E-state index is -1.13. The maximum atomic E-state index is 12.2. The number of amides is 2. The van der Waals surface area contributed by atoms with Gasteiger partial charge >= 0.3 is 5.97 Å². The molecule has 1 atom stereocenters. The van der Waals surface area contributed by atoms with Gasteiger partial charge in [0.05, 0.1) is 21.1 Å². The predicted octanol–water partition coefficient (Wildman–Crippen LogP) is -0.379. The van der Waals surface area contributed by atoms with Gasteiger partial charge in [0, 0.05) is 6.42 Å². The summed E-state index contributed by atoms with van der Waals surface area (Å²) in [7, 11) is 5.61. The molecule has 7 heteroatoms. The fraction of sp³-hybridized carbons (Fsp3) is 0.438. The number of aliphatic carboxylic acids is 1. The molecular weight excluding hydrogens is 298 g/mol. The average molecular weight is 322 g/mol. The summed E-state index contributed by atoms with van der Waals surface area (Å²) >= 11 is 0. The van der Waals surface area contributed by atoms with Gasteiger partial charge in [-0.25, -0.2) is 0 Å². The number of quaternary nitrogens is 1. The smallest absolute Gasteiger partial charge is 0.322 e. The Morgan fingerprint density at radius 3 is 2.26 bits per heavy atom. The highest BCUT2D eigenvalue weighted by Gasteiger charge is 2.24. The van der Waals surface area contributed by atoms with Crippen LogP contribution in [-0.4, -0.2) is 67.6 Å². The number of carboxylic acid groups (broad SMARTS) is 1. The van der Waals surface area contributed by atoms with E-state index < -0.39 is 24.5 Å². The van der Waals surface area contributed by atoms with Gasteiger partial charge in [0.1, 0.15) is 12.6 Å². The molecule has 0 unspecified atom stereocenters. The lowest BCUT2D eigenvalue weighted by Crippen LogP contribution is -2.53. The SMILES string of the molecule is C[N+](C)(C)CC(=O)N[C@@H](Cc1ccccc1)C(=O)NCC(=O)O. The summed E-state index contributed by atoms with van der Waals surface area (Å²) in [6.45, 7) is -0.257. The number of carboxylic acids is 1. The van der Waals surface area contributed by atoms with Crippen molar-refractivity contribution in [2.75, 3.05) is 34.2 Å². The topological polar surface area (TPSA) is 95.5 Å². The normalized spacial score (nSPS) is 12.3. The summed E-state index contributed by atoms with van der Waals surface area (Å²) in [6, 6.07) is 8.44. The first-order valence-electron chi connectivity index (χ1n) is 7.30. The van der Waals surface area contributed by atoms with Gasteiger partial charge in [0.25, 0.3) is 5.91 Å². The van der Waals surface area contributed by atoms with Crippen molar-refractivity contribution in [1.29, 1.82) is 0 Å². The molecule has 0 heterocycles. The number of likely N-dealkylation sites (N-methyl/N-ethyl adjacent to an activating group) is 1. The van der Waals surface area contributed by atoms with E-state index in [1.54, 1.807) is 0 Å². The molecule has 7 nitrogen and oxygen atoms in total. The first-order chi connectivity index (χ1) is 10.7. The molecule has 1 rings (SSSR count). The van der Waals surface area contributed by atoms with Crippen LogP contribution in [0.25, 0.3) is 0 Å². The number of carbonyl (C=O) groups excluding carboxylic acids is 2. The zero-order chi connectivity index (χ0) is 17.5. The largest absolute Gasteiger partial charge is 0.480 e. The fourth-order valence-electron chi connectivity index (χ4n) is 2.02. The zero-order valence-electron chi connectivity index (χ0n) is 13.7. The molecule has 0 aliphatic rings. The molecule has 0 aliphatic heterocycles. The number of hydrogen-bond donors (Lipinski definition) is 3. The van der Waals surface area contributed by atoms with Crippen molar-refractivity contribution >= 4 is 17.8 Å². The van der Waals surface area contributed by atoms with Crippen molar-refractivity contribution in [3.63, 3.8) is 0 Å². The second-order valence-electron chi connectivity index (χ2n) is 6.37. The van der Waals surface area contributed by atoms with Crippen LogP contribution in [0, 0.1) is 0 Å². The number of hydrogen-bond acceptors (Lipinski definition) is 3. The number of rotatable bonds is 8. The van der Waals surface area contributed by atoms with E-state index in [-0.39, 0.29) is 12.5 Å². The molecule has 1 aromatic carbocycles. The van der Waals surface area contributed by atoms with Crippen molar-refractivity contribution in [2.24, 2.45) is 0 Å². The molecule has 0 fully saturated rings. The quantitative estimate of drug-likeness (QED) is 0.569. The van der Waals surface area contributed by atoms with Crippen molar-refractivity contribution in [3.8, 4) is 0 Å². The molecule has 0 saturated heterocycles. The summed E-state index contributed by atoms with van der Waals surface area (Å²) < 4.78 is 0.431. The Labute approximate surface area is 135 Å². The Hall–Kier alpha value is -2.41. The summed E-state index contributed by atoms with van der Waals surface area (Å²) in [5.74, 6) is -1.90. The van der Waals surface area contributed by atoms with Gasteiger partial charge in [-0.15, -0.1) is 0 Å². The van der Waals surface area contributed by atoms with E-state index in [2.05, 4.69) is 10.6 Å². The Kier molecular flexibility index (Phi) is 6.71. The number of nitrogens with zero attached hydrogens (tertiary/aromatic N) is 1. The van der Waals surface area contributed by atoms with E-state index in [0.717, 1.165) is 5.56 Å². The third-order valence-electron chi connectivity index (χ3n) is 2.97. The summed E-state index contributed by atoms with van der Waals surface area (Å²) in [4.78, 5) is 34.8. The van der Waals surface area contributed by atoms with Crippen LogP contribution >= 0.6 is 0 Å². The van der Waals surface area contributed by atoms with Crippen molar-refractivity contribution in [3.05, 3.63) is 35.9 Å². The molecule has 126 valence electrons. The molecule has 0 spiro atoms. The van der Waals surface area contributed by atoms with Gasteiger partial charge < -0.3 is 20.2 Å². The van der Waals surface area contributed by atoms with E-state index in [9.17, 15) is 14.4 Å². The summed E-state index contributed by atoms with van der Waals surface area (Å²) in [6.07, 6.45) is 0.301. The average Bonchev–Trinajstić information content (AvgIpc) is 2.43. The molecule has 0 aliphatic carbocycles. The van der Waals surface area contributed by atoms with Crippen LogP contribution in [0.2, 0.25) is 0 Å². The third kappa shape index (κ3) is 7.96. The minimum absolute atomic E-state index is 0.220. The highest BCUT2D eigenvalue weighted by molar-refractivity contribution is 5.89. The van der Waals surface area contributed by atoms with Crippen molar-refractivity contribution in [1.82, 2.24) is 10.6 Å². The van der Waals surface area contributed by atoms with Crippen LogP contribution < -0.4 is 10.6 Å². The highest BCUT2D eigenvalue weighted by atomic mass is 16.4. The Bertz CT molecular complexity index is 552. The number of benzene rings is 1. The van der Waals surface area contributed by atoms with E-state index in [4.69, 9.17) is 5.11 Å². The van der Waals surface area contributed by atoms with Gasteiger partial charge in [0.15, 0.2) is 6.54 Å². The van der Waals surface area contributed by atoms with Gasteiger partial charge in [-0.05, 0) is 5.56 Å². The molecular formula is C16H24N3O4+. The van der Waals surface area contributed by atoms with Crippen LogP contribution in [-0.2, 0) is 20.8 Å². The molecule has 2 amide bonds. The van der Waals surface area contributed by atoms with Crippen molar-refractivity contribution < 1.29 is 24.0 Å². The van der Waals surface area contributed by atoms with Gasteiger partial charge in [0.2, 0.25) is 5.91 Å². The number of carbonyl (C=O) groups is 3. The zero-order valence-corrected chi connectivity index (χ0v) is 13.7. The molecule has 0 bridgehead atoms. The lowest BCUT2D eigenvalue weighted by atomic mass is 10.1. The third-order valence-corrected chi connectivity index (χ3v) is 2.97. The van der Waals surface area contributed by atoms with Crippen LogP contribution in [0.3, 0.4) is 0 Å². The predicted molar refractivity (Wildman–Crippen MR) is 85.6 cm³/mol. The molecule has 23 heavy (non-hydrogen) atoms. The van der Waals surface area contributed by atoms with Crippen molar-refractivity contribution in [2.45, 2.75) is 12.5 Å². The van der Waals surface area contributed by atoms with E-state index in [1.807, 2.05) is 51.5 Å². The first kappa shape index (κ1) is 18.6. The highest BCUT2D eigenvalue weighted by Crippen LogP contribution is 2.04. The first-order valence-corrected chi connectivity index (χ1v) is 7.30. The Balaban J connectivity index is 2.77. The molecule has 0 radical (unpaired) electrons. The van der Waals surface area contributed by atoms with Gasteiger partial charge in [-0.2, -0.15) is 0 Å². The van der Waals surface area contributed by atoms with E-state index in [1.165, 1.54) is 0 Å². The van der Waals surface area contributed by atoms with Crippen LogP contribution in [0.1, 0.15) is 5.56 Å². The van der Waals surface area contributed by atoms with E-state index in [0.29, 0.717) is 10.9 Å². The number of nitrogens with one attached hydrogen (secondary N) is 2. The molecule has 0 aromatic heterocycles. The second-order valence-corrected chi connectivity index (χ2v) is 6.37. The minimum Gasteiger partial charge on any atom is -0.480 e. The monoisotopic (exact) mass is 322 g/mol. The standard InChI is InChI=1S/C16H23N3O4/c1-19(2,3)11-14(20)18-13(16(23)17-10-15(21)22)9-12-7-5-4-6-8-12/h4-8,13H,9-11H2,1-3H3,(H2-,17,18,20,21,22,23)/p+1/t13-/m0/s1. The summed E-state index contributed by atoms with van der Waals surface area (Å²) in [5, 5.41) is 13.7. The second kappa shape index (κ2) is 8.28. The van der Waals surface area contributed by atoms with Gasteiger partial charge in [-0.3, -0.25) is 14.4 Å². The van der Waals surface area contributed by atoms with E-state index >= 15 is 0 Å². The Morgan fingerprint density at radius 1 is 1.13 bits per heavy atom. The molecule has 0 saturated carbocycles. The van der Waals surface area contributed by atoms with Crippen LogP contribution in [0.4, 0.5) is 0 Å². The van der Waals surface area contributed by atoms with Crippen LogP contribution in [0.15, 0.2) is 30.3 Å². The summed E-state index contributed by atoms with van der Waals surface area (Å²) in [5.41, 5.74) is 0.883. The maximum Gasteiger partial charge on any atom is 0.322 e. The maximum absolute atomic E-state index is 12.2. The van der Waals surface area contributed by atoms with Crippen LogP contribution in [0.5, 0.6) is 0 Å². The lowest BCUT2D eigenvalue weighted by Gasteiger charge is -2.25. The molecule has 3 N–H and O–H groups in total. The fourth-order valence-corrected chi connectivity index (χ4v) is 2.02. The lowest BCUT2D eigenvalue weighted by molar-refractivity contribution is -0.862. The van der Waals surface area contributed by atoms with Gasteiger partial charge in [-0.1, -0.05) is 30.3 Å². The molecule has 1 aromatic rings. The Morgan fingerprint density at radius 2 is 1.74 bits per heavy atom.